The summed E-state index contributed by atoms with van der Waals surface area (Å²) in [5.74, 6) is 0.693. The van der Waals surface area contributed by atoms with Crippen LogP contribution in [-0.4, -0.2) is 68.0 Å². The van der Waals surface area contributed by atoms with Crippen LogP contribution < -0.4 is 9.46 Å². The van der Waals surface area contributed by atoms with Crippen molar-refractivity contribution in [1.82, 2.24) is 14.6 Å². The Balaban J connectivity index is 2.38. The first kappa shape index (κ1) is 28.8. The third kappa shape index (κ3) is 8.63. The number of hydrogen-bond acceptors (Lipinski definition) is 7. The molecule has 0 saturated heterocycles. The lowest BCUT2D eigenvalue weighted by Crippen LogP contribution is -2.47. The molecule has 196 valence electrons. The van der Waals surface area contributed by atoms with Crippen LogP contribution in [-0.2, 0) is 14.8 Å². The number of benzene rings is 1. The number of fused-ring (bicyclic) bond motifs is 1. The molecule has 1 aromatic carbocycles. The number of nitrogens with one attached hydrogen (secondary N) is 1. The highest BCUT2D eigenvalue weighted by atomic mass is 32.2. The third-order valence-electron chi connectivity index (χ3n) is 5.31. The van der Waals surface area contributed by atoms with E-state index in [9.17, 15) is 18.3 Å². The van der Waals surface area contributed by atoms with Crippen molar-refractivity contribution >= 4 is 26.9 Å². The summed E-state index contributed by atoms with van der Waals surface area (Å²) < 4.78 is 40.7. The highest BCUT2D eigenvalue weighted by molar-refractivity contribution is 7.89. The molecule has 1 amide bonds. The van der Waals surface area contributed by atoms with Crippen molar-refractivity contribution in [2.45, 2.75) is 70.4 Å². The Morgan fingerprint density at radius 3 is 2.49 bits per heavy atom. The van der Waals surface area contributed by atoms with Gasteiger partial charge < -0.3 is 19.5 Å². The number of carbonyl (C=O) groups is 1. The fourth-order valence-corrected chi connectivity index (χ4v) is 5.15. The van der Waals surface area contributed by atoms with Gasteiger partial charge in [0.1, 0.15) is 5.60 Å². The number of aliphatic hydroxyl groups excluding tert-OH is 1. The van der Waals surface area contributed by atoms with Crippen LogP contribution in [0, 0.1) is 5.92 Å². The van der Waals surface area contributed by atoms with Gasteiger partial charge in [-0.25, -0.2) is 22.9 Å². The number of sulfonamides is 1. The van der Waals surface area contributed by atoms with Crippen molar-refractivity contribution in [3.8, 4) is 5.88 Å². The first-order valence-corrected chi connectivity index (χ1v) is 13.4. The zero-order valence-electron chi connectivity index (χ0n) is 21.6. The lowest BCUT2D eigenvalue weighted by atomic mass is 10.0. The normalized spacial score (nSPS) is 13.1. The Morgan fingerprint density at radius 1 is 1.17 bits per heavy atom. The van der Waals surface area contributed by atoms with Crippen molar-refractivity contribution in [2.75, 3.05) is 26.8 Å². The maximum atomic E-state index is 13.5. The smallest absolute Gasteiger partial charge is 0.410 e. The average molecular weight is 510 g/mol. The molecule has 10 heteroatoms. The summed E-state index contributed by atoms with van der Waals surface area (Å²) in [5.41, 5.74) is -0.697. The Labute approximate surface area is 208 Å². The van der Waals surface area contributed by atoms with Gasteiger partial charge in [0.15, 0.2) is 0 Å². The van der Waals surface area contributed by atoms with Crippen LogP contribution in [0.25, 0.3) is 10.8 Å². The summed E-state index contributed by atoms with van der Waals surface area (Å²) in [6.07, 6.45) is 2.63. The molecule has 35 heavy (non-hydrogen) atoms. The molecule has 2 rings (SSSR count). The summed E-state index contributed by atoms with van der Waals surface area (Å²) in [6.45, 7) is 9.74. The number of pyridine rings is 1. The SMILES string of the molecule is COc1nccc2c(S(=O)(=O)NC(CCC(C)C)CN(CCCO)C(=O)OC(C)(C)C)cccc12. The van der Waals surface area contributed by atoms with Gasteiger partial charge in [-0.15, -0.1) is 0 Å². The summed E-state index contributed by atoms with van der Waals surface area (Å²) in [4.78, 5) is 18.6. The van der Waals surface area contributed by atoms with E-state index >= 15 is 0 Å². The van der Waals surface area contributed by atoms with E-state index < -0.39 is 27.8 Å². The van der Waals surface area contributed by atoms with Crippen molar-refractivity contribution in [3.63, 3.8) is 0 Å². The number of rotatable bonds is 12. The topological polar surface area (TPSA) is 118 Å². The number of aliphatic hydroxyl groups is 1. The van der Waals surface area contributed by atoms with Crippen LogP contribution >= 0.6 is 0 Å². The number of aromatic nitrogens is 1. The van der Waals surface area contributed by atoms with Gasteiger partial charge in [-0.05, 0) is 64.2 Å². The largest absolute Gasteiger partial charge is 0.481 e. The number of hydrogen-bond donors (Lipinski definition) is 2. The molecule has 0 spiro atoms. The Morgan fingerprint density at radius 2 is 1.89 bits per heavy atom. The molecule has 1 heterocycles. The van der Waals surface area contributed by atoms with Crippen LogP contribution in [0.4, 0.5) is 4.79 Å². The minimum absolute atomic E-state index is 0.0897. The van der Waals surface area contributed by atoms with Gasteiger partial charge in [-0.2, -0.15) is 0 Å². The van der Waals surface area contributed by atoms with E-state index in [1.54, 1.807) is 45.0 Å². The van der Waals surface area contributed by atoms with E-state index in [2.05, 4.69) is 23.6 Å². The van der Waals surface area contributed by atoms with Crippen LogP contribution in [0.1, 0.15) is 53.9 Å². The molecular formula is C25H39N3O6S. The predicted octanol–water partition coefficient (Wildman–Crippen LogP) is 3.95. The van der Waals surface area contributed by atoms with Gasteiger partial charge in [0.05, 0.1) is 12.0 Å². The molecule has 0 saturated carbocycles. The van der Waals surface area contributed by atoms with Crippen molar-refractivity contribution in [1.29, 1.82) is 0 Å². The lowest BCUT2D eigenvalue weighted by molar-refractivity contribution is 0.0223. The fraction of sp³-hybridized carbons (Fsp3) is 0.600. The van der Waals surface area contributed by atoms with Gasteiger partial charge >= 0.3 is 6.09 Å². The zero-order valence-corrected chi connectivity index (χ0v) is 22.4. The molecule has 0 bridgehead atoms. The third-order valence-corrected chi connectivity index (χ3v) is 6.88. The quantitative estimate of drug-likeness (QED) is 0.445. The van der Waals surface area contributed by atoms with Crippen LogP contribution in [0.15, 0.2) is 35.4 Å². The standard InChI is InChI=1S/C25H39N3O6S/c1-18(2)11-12-19(17-28(15-8-16-29)24(30)34-25(3,4)5)27-35(31,32)22-10-7-9-21-20(22)13-14-26-23(21)33-6/h7,9-10,13-14,18-19,27,29H,8,11-12,15-17H2,1-6H3. The monoisotopic (exact) mass is 509 g/mol. The van der Waals surface area contributed by atoms with Crippen molar-refractivity contribution in [3.05, 3.63) is 30.5 Å². The van der Waals surface area contributed by atoms with Gasteiger partial charge in [0.25, 0.3) is 0 Å². The molecule has 1 aromatic heterocycles. The average Bonchev–Trinajstić information content (AvgIpc) is 2.77. The maximum Gasteiger partial charge on any atom is 0.410 e. The van der Waals surface area contributed by atoms with Gasteiger partial charge in [0.2, 0.25) is 15.9 Å². The molecule has 1 unspecified atom stereocenters. The highest BCUT2D eigenvalue weighted by Gasteiger charge is 2.28. The summed E-state index contributed by atoms with van der Waals surface area (Å²) >= 11 is 0. The van der Waals surface area contributed by atoms with E-state index in [4.69, 9.17) is 9.47 Å². The van der Waals surface area contributed by atoms with Crippen LogP contribution in [0.2, 0.25) is 0 Å². The number of nitrogens with zero attached hydrogens (tertiary/aromatic N) is 2. The lowest BCUT2D eigenvalue weighted by Gasteiger charge is -2.31. The second-order valence-electron chi connectivity index (χ2n) is 9.96. The molecule has 9 nitrogen and oxygen atoms in total. The zero-order chi connectivity index (χ0) is 26.2. The van der Waals surface area contributed by atoms with E-state index in [0.717, 1.165) is 6.42 Å². The molecule has 2 N–H and O–H groups in total. The maximum absolute atomic E-state index is 13.5. The van der Waals surface area contributed by atoms with Crippen molar-refractivity contribution < 1.29 is 27.8 Å². The van der Waals surface area contributed by atoms with Gasteiger partial charge in [-0.3, -0.25) is 0 Å². The van der Waals surface area contributed by atoms with Gasteiger partial charge in [-0.1, -0.05) is 19.9 Å². The minimum atomic E-state index is -3.95. The highest BCUT2D eigenvalue weighted by Crippen LogP contribution is 2.28. The molecule has 0 fully saturated rings. The fourth-order valence-electron chi connectivity index (χ4n) is 3.66. The first-order chi connectivity index (χ1) is 16.4. The number of ether oxygens (including phenoxy) is 2. The summed E-state index contributed by atoms with van der Waals surface area (Å²) in [6, 6.07) is 6.05. The Bertz CT molecular complexity index is 1080. The summed E-state index contributed by atoms with van der Waals surface area (Å²) in [5, 5.41) is 10.4. The number of carbonyl (C=O) groups excluding carboxylic acids is 1. The second kappa shape index (κ2) is 12.5. The molecular weight excluding hydrogens is 470 g/mol. The molecule has 0 radical (unpaired) electrons. The minimum Gasteiger partial charge on any atom is -0.481 e. The van der Waals surface area contributed by atoms with Crippen LogP contribution in [0.5, 0.6) is 5.88 Å². The Hall–Kier alpha value is -2.43. The predicted molar refractivity (Wildman–Crippen MR) is 136 cm³/mol. The Kier molecular flexibility index (Phi) is 10.3. The molecule has 0 aliphatic carbocycles. The van der Waals surface area contributed by atoms with Crippen LogP contribution in [0.3, 0.4) is 0 Å². The van der Waals surface area contributed by atoms with E-state index in [1.807, 2.05) is 0 Å². The first-order valence-electron chi connectivity index (χ1n) is 11.9. The van der Waals surface area contributed by atoms with E-state index in [1.165, 1.54) is 18.2 Å². The second-order valence-corrected chi connectivity index (χ2v) is 11.6. The van der Waals surface area contributed by atoms with Crippen molar-refractivity contribution in [2.24, 2.45) is 5.92 Å². The molecule has 0 aliphatic rings. The molecule has 0 aliphatic heterocycles. The van der Waals surface area contributed by atoms with E-state index in [-0.39, 0.29) is 24.6 Å². The van der Waals surface area contributed by atoms with Gasteiger partial charge in [0, 0.05) is 42.7 Å². The molecule has 2 aromatic rings. The molecule has 1 atom stereocenters. The van der Waals surface area contributed by atoms with E-state index in [0.29, 0.717) is 35.4 Å². The number of methoxy groups -OCH3 is 1. The summed E-state index contributed by atoms with van der Waals surface area (Å²) in [7, 11) is -2.46. The number of amides is 1.